The van der Waals surface area contributed by atoms with Gasteiger partial charge in [0, 0.05) is 26.2 Å². The van der Waals surface area contributed by atoms with Gasteiger partial charge in [-0.15, -0.1) is 0 Å². The predicted octanol–water partition coefficient (Wildman–Crippen LogP) is -2.04. The third kappa shape index (κ3) is 49.5. The number of aliphatic carboxylic acids is 2. The fourth-order valence-corrected chi connectivity index (χ4v) is 1.42. The maximum absolute atomic E-state index is 10.7. The molecule has 0 aliphatic rings. The summed E-state index contributed by atoms with van der Waals surface area (Å²) in [6.07, 6.45) is 0.500. The summed E-state index contributed by atoms with van der Waals surface area (Å²) in [5.41, 5.74) is 0. The molecule has 0 heterocycles. The lowest BCUT2D eigenvalue weighted by molar-refractivity contribution is -0.193. The molecule has 12 nitrogen and oxygen atoms in total. The lowest BCUT2D eigenvalue weighted by Gasteiger charge is -2.24. The average Bonchev–Trinajstić information content (AvgIpc) is 2.50. The molecule has 0 aromatic carbocycles. The van der Waals surface area contributed by atoms with Crippen LogP contribution in [-0.4, -0.2) is 136 Å². The van der Waals surface area contributed by atoms with Gasteiger partial charge in [0.15, 0.2) is 0 Å². The molecule has 28 heavy (non-hydrogen) atoms. The van der Waals surface area contributed by atoms with Gasteiger partial charge in [-0.3, -0.25) is 19.4 Å². The minimum Gasteiger partial charge on any atom is -0.480 e. The summed E-state index contributed by atoms with van der Waals surface area (Å²) in [5, 5.41) is 17.4. The van der Waals surface area contributed by atoms with Crippen LogP contribution < -0.4 is 0 Å². The van der Waals surface area contributed by atoms with E-state index in [-0.39, 0.29) is 25.4 Å². The van der Waals surface area contributed by atoms with Gasteiger partial charge in [0.1, 0.15) is 0 Å². The van der Waals surface area contributed by atoms with Gasteiger partial charge >= 0.3 is 24.2 Å². The molecule has 0 unspecified atom stereocenters. The maximum Gasteiger partial charge on any atom is 0.373 e. The van der Waals surface area contributed by atoms with Crippen LogP contribution >= 0.6 is 0 Å². The summed E-state index contributed by atoms with van der Waals surface area (Å²) in [4.78, 5) is 61.2. The highest BCUT2D eigenvalue weighted by Gasteiger charge is 2.12. The number of hydrogen-bond acceptors (Lipinski definition) is 10. The van der Waals surface area contributed by atoms with Crippen molar-refractivity contribution in [1.82, 2.24) is 19.6 Å². The number of likely N-dealkylation sites (N-methyl/N-ethyl adjacent to an activating group) is 2. The number of carbonyl (C=O) groups is 2. The predicted molar refractivity (Wildman–Crippen MR) is 97.4 cm³/mol. The molecule has 0 aromatic rings. The molecular weight excluding hydrogens is 376 g/mol. The molecule has 0 aromatic heterocycles. The molecule has 0 atom stereocenters. The van der Waals surface area contributed by atoms with E-state index >= 15 is 0 Å². The first-order valence-corrected chi connectivity index (χ1v) is 7.96. The van der Waals surface area contributed by atoms with Crippen molar-refractivity contribution < 1.29 is 39.0 Å². The van der Waals surface area contributed by atoms with Crippen LogP contribution in [0.25, 0.3) is 0 Å². The van der Waals surface area contributed by atoms with E-state index in [2.05, 4.69) is 0 Å². The lowest BCUT2D eigenvalue weighted by atomic mass is 10.4. The highest BCUT2D eigenvalue weighted by molar-refractivity contribution is 5.69. The van der Waals surface area contributed by atoms with Crippen molar-refractivity contribution in [3.8, 4) is 0 Å². The zero-order valence-electron chi connectivity index (χ0n) is 17.4. The van der Waals surface area contributed by atoms with Gasteiger partial charge < -0.3 is 20.0 Å². The van der Waals surface area contributed by atoms with Gasteiger partial charge in [0.05, 0.1) is 13.1 Å². The van der Waals surface area contributed by atoms with Crippen LogP contribution in [0.4, 0.5) is 0 Å². The fourth-order valence-electron chi connectivity index (χ4n) is 1.42. The van der Waals surface area contributed by atoms with Crippen LogP contribution in [0.1, 0.15) is 0 Å². The van der Waals surface area contributed by atoms with Crippen LogP contribution in [0.2, 0.25) is 0 Å². The Hall–Kier alpha value is -2.46. The largest absolute Gasteiger partial charge is 0.480 e. The average molecular weight is 408 g/mol. The van der Waals surface area contributed by atoms with Crippen LogP contribution in [0.3, 0.4) is 0 Å². The zero-order chi connectivity index (χ0) is 23.1. The van der Waals surface area contributed by atoms with E-state index in [1.54, 1.807) is 16.8 Å². The highest BCUT2D eigenvalue weighted by Crippen LogP contribution is 1.92. The summed E-state index contributed by atoms with van der Waals surface area (Å²) in [6, 6.07) is 0. The van der Waals surface area contributed by atoms with Crippen LogP contribution in [-0.2, 0) is 28.8 Å². The maximum atomic E-state index is 10.7. The summed E-state index contributed by atoms with van der Waals surface area (Å²) in [7, 11) is 11.6. The van der Waals surface area contributed by atoms with E-state index in [4.69, 9.17) is 29.4 Å². The molecule has 0 saturated carbocycles. The SMILES string of the molecule is CN(C)C.CN(C)CCN(CCN(C)CC(=O)O)CC(=O)O.O=C=O.O=C=O. The number of carboxylic acid groups (broad SMARTS) is 2. The molecule has 0 spiro atoms. The van der Waals surface area contributed by atoms with Crippen molar-refractivity contribution in [2.24, 2.45) is 0 Å². The number of carbonyl (C=O) groups excluding carboxylic acids is 4. The quantitative estimate of drug-likeness (QED) is 0.409. The summed E-state index contributed by atoms with van der Waals surface area (Å²) >= 11 is 0. The summed E-state index contributed by atoms with van der Waals surface area (Å²) < 4.78 is 0. The Morgan fingerprint density at radius 3 is 1.29 bits per heavy atom. The minimum atomic E-state index is -0.879. The van der Waals surface area contributed by atoms with Crippen molar-refractivity contribution in [2.75, 3.05) is 81.6 Å². The first kappa shape index (κ1) is 33.1. The lowest BCUT2D eigenvalue weighted by Crippen LogP contribution is -2.41. The number of hydrogen-bond donors (Lipinski definition) is 2. The molecule has 0 aliphatic heterocycles. The van der Waals surface area contributed by atoms with Gasteiger partial charge in [0.2, 0.25) is 0 Å². The second kappa shape index (κ2) is 24.5. The smallest absolute Gasteiger partial charge is 0.373 e. The normalized spacial score (nSPS) is 9.21. The Kier molecular flexibility index (Phi) is 29.1. The first-order valence-electron chi connectivity index (χ1n) is 7.96. The van der Waals surface area contributed by atoms with Crippen molar-refractivity contribution in [1.29, 1.82) is 0 Å². The Bertz CT molecular complexity index is 445. The molecule has 0 fully saturated rings. The van der Waals surface area contributed by atoms with E-state index in [9.17, 15) is 9.59 Å². The molecule has 164 valence electrons. The molecule has 0 aliphatic carbocycles. The van der Waals surface area contributed by atoms with E-state index in [1.165, 1.54) is 0 Å². The Morgan fingerprint density at radius 1 is 0.679 bits per heavy atom. The van der Waals surface area contributed by atoms with Gasteiger partial charge in [-0.1, -0.05) is 0 Å². The molecule has 0 saturated heterocycles. The fraction of sp³-hybridized carbons (Fsp3) is 0.750. The van der Waals surface area contributed by atoms with Crippen molar-refractivity contribution in [2.45, 2.75) is 0 Å². The highest BCUT2D eigenvalue weighted by atomic mass is 16.4. The van der Waals surface area contributed by atoms with Crippen LogP contribution in [0.15, 0.2) is 0 Å². The monoisotopic (exact) mass is 408 g/mol. The Balaban J connectivity index is -0.000000238. The van der Waals surface area contributed by atoms with E-state index in [1.807, 2.05) is 45.0 Å². The minimum absolute atomic E-state index is 0.0191. The Morgan fingerprint density at radius 2 is 1.00 bits per heavy atom. The summed E-state index contributed by atoms with van der Waals surface area (Å²) in [5.74, 6) is -1.75. The van der Waals surface area contributed by atoms with Gasteiger partial charge in [-0.25, -0.2) is 0 Å². The molecule has 0 bridgehead atoms. The van der Waals surface area contributed by atoms with Crippen LogP contribution in [0.5, 0.6) is 0 Å². The molecule has 0 rings (SSSR count). The van der Waals surface area contributed by atoms with Crippen molar-refractivity contribution >= 4 is 24.2 Å². The second-order valence-corrected chi connectivity index (χ2v) is 6.11. The molecule has 2 N–H and O–H groups in total. The van der Waals surface area contributed by atoms with Crippen molar-refractivity contribution in [3.63, 3.8) is 0 Å². The third-order valence-electron chi connectivity index (χ3n) is 2.43. The van der Waals surface area contributed by atoms with E-state index in [0.29, 0.717) is 19.6 Å². The molecule has 0 radical (unpaired) electrons. The standard InChI is InChI=1S/C11H23N3O4.C3H9N.2CO2/c1-12(2)4-6-14(9-11(17)18)7-5-13(3)8-10(15)16;1-4(2)3;2*2-1-3/h4-9H2,1-3H3,(H,15,16)(H,17,18);1-3H3;;. The third-order valence-corrected chi connectivity index (χ3v) is 2.43. The zero-order valence-corrected chi connectivity index (χ0v) is 17.4. The molecular formula is C16H32N4O8. The van der Waals surface area contributed by atoms with E-state index < -0.39 is 11.9 Å². The summed E-state index contributed by atoms with van der Waals surface area (Å²) in [6.45, 7) is 2.45. The van der Waals surface area contributed by atoms with Crippen molar-refractivity contribution in [3.05, 3.63) is 0 Å². The number of rotatable bonds is 10. The molecule has 0 amide bonds. The second-order valence-electron chi connectivity index (χ2n) is 6.11. The Labute approximate surface area is 165 Å². The van der Waals surface area contributed by atoms with Crippen LogP contribution in [0, 0.1) is 0 Å². The van der Waals surface area contributed by atoms with Gasteiger partial charge in [-0.2, -0.15) is 19.2 Å². The number of carboxylic acids is 2. The topological polar surface area (TPSA) is 156 Å². The van der Waals surface area contributed by atoms with E-state index in [0.717, 1.165) is 6.54 Å². The molecule has 12 heteroatoms. The number of nitrogens with zero attached hydrogens (tertiary/aromatic N) is 4. The van der Waals surface area contributed by atoms with Gasteiger partial charge in [-0.05, 0) is 42.3 Å². The first-order chi connectivity index (χ1) is 12.9. The van der Waals surface area contributed by atoms with Gasteiger partial charge in [0.25, 0.3) is 0 Å².